The van der Waals surface area contributed by atoms with Crippen LogP contribution in [-0.4, -0.2) is 34.0 Å². The molecule has 8 nitrogen and oxygen atoms in total. The number of hydrogen-bond acceptors (Lipinski definition) is 7. The number of thiophene rings is 1. The molecule has 0 aliphatic heterocycles. The maximum Gasteiger partial charge on any atom is 0.261 e. The molecule has 5 aromatic rings. The summed E-state index contributed by atoms with van der Waals surface area (Å²) >= 11 is 1.24. The van der Waals surface area contributed by atoms with Crippen LogP contribution in [0.5, 0.6) is 0 Å². The quantitative estimate of drug-likeness (QED) is 0.180. The molecule has 2 aromatic carbocycles. The number of primary amides is 1. The molecule has 0 atom stereocenters. The minimum Gasteiger partial charge on any atom is -0.421 e. The molecule has 10 heteroatoms. The van der Waals surface area contributed by atoms with Crippen LogP contribution in [-0.2, 0) is 32.1 Å². The first kappa shape index (κ1) is 32.7. The summed E-state index contributed by atoms with van der Waals surface area (Å²) in [5.41, 5.74) is 12.5. The Morgan fingerprint density at radius 2 is 1.65 bits per heavy atom. The largest absolute Gasteiger partial charge is 0.421 e. The Bertz CT molecular complexity index is 1820. The number of aromatic nitrogens is 3. The van der Waals surface area contributed by atoms with Gasteiger partial charge in [-0.1, -0.05) is 50.2 Å². The van der Waals surface area contributed by atoms with Gasteiger partial charge >= 0.3 is 0 Å². The average Bonchev–Trinajstić information content (AvgIpc) is 3.81. The van der Waals surface area contributed by atoms with Crippen LogP contribution in [0.2, 0.25) is 0 Å². The van der Waals surface area contributed by atoms with Crippen molar-refractivity contribution in [3.8, 4) is 21.9 Å². The van der Waals surface area contributed by atoms with Crippen LogP contribution in [0.4, 0.5) is 4.39 Å². The maximum atomic E-state index is 13.4. The predicted octanol–water partition coefficient (Wildman–Crippen LogP) is 6.93. The van der Waals surface area contributed by atoms with Crippen LogP contribution in [0, 0.1) is 18.7 Å². The number of nitrogens with one attached hydrogen (secondary N) is 1. The van der Waals surface area contributed by atoms with E-state index < -0.39 is 5.91 Å². The Hall–Kier alpha value is -4.70. The van der Waals surface area contributed by atoms with Crippen molar-refractivity contribution in [2.24, 2.45) is 11.7 Å². The van der Waals surface area contributed by atoms with Gasteiger partial charge in [0.1, 0.15) is 5.82 Å². The van der Waals surface area contributed by atoms with E-state index in [4.69, 9.17) is 15.1 Å². The first-order valence-electron chi connectivity index (χ1n) is 15.4. The van der Waals surface area contributed by atoms with Gasteiger partial charge in [0.25, 0.3) is 11.8 Å². The first-order chi connectivity index (χ1) is 22.1. The number of aryl methyl sites for hydroxylation is 5. The van der Waals surface area contributed by atoms with E-state index in [1.165, 1.54) is 42.7 Å². The number of fused-ring (bicyclic) bond motifs is 1. The Kier molecular flexibility index (Phi) is 10.4. The Balaban J connectivity index is 0.000000393. The lowest BCUT2D eigenvalue weighted by Crippen LogP contribution is -2.20. The molecule has 0 spiro atoms. The highest BCUT2D eigenvalue weighted by Crippen LogP contribution is 2.41. The van der Waals surface area contributed by atoms with Gasteiger partial charge in [-0.2, -0.15) is 0 Å². The zero-order valence-corrected chi connectivity index (χ0v) is 27.3. The minimum atomic E-state index is -0.629. The van der Waals surface area contributed by atoms with E-state index in [-0.39, 0.29) is 29.1 Å². The topological polar surface area (TPSA) is 124 Å². The van der Waals surface area contributed by atoms with Gasteiger partial charge < -0.3 is 15.5 Å². The molecule has 3 heterocycles. The zero-order chi connectivity index (χ0) is 32.8. The summed E-state index contributed by atoms with van der Waals surface area (Å²) in [5.74, 6) is -0.404. The second kappa shape index (κ2) is 14.6. The van der Waals surface area contributed by atoms with Gasteiger partial charge in [0.2, 0.25) is 11.8 Å². The summed E-state index contributed by atoms with van der Waals surface area (Å²) in [4.78, 5) is 31.3. The monoisotopic (exact) mass is 639 g/mol. The molecule has 0 unspecified atom stereocenters. The zero-order valence-electron chi connectivity index (χ0n) is 26.5. The number of carbonyl (C=O) groups is 2. The average molecular weight is 640 g/mol. The molecule has 3 N–H and O–H groups in total. The normalized spacial score (nSPS) is 12.0. The third-order valence-electron chi connectivity index (χ3n) is 7.81. The Morgan fingerprint density at radius 1 is 0.957 bits per heavy atom. The molecule has 0 saturated carbocycles. The van der Waals surface area contributed by atoms with Gasteiger partial charge in [-0.25, -0.2) is 4.39 Å². The highest BCUT2D eigenvalue weighted by molar-refractivity contribution is 7.17. The molecule has 46 heavy (non-hydrogen) atoms. The molecule has 0 bridgehead atoms. The minimum absolute atomic E-state index is 0.199. The summed E-state index contributed by atoms with van der Waals surface area (Å²) < 4.78 is 19.3. The van der Waals surface area contributed by atoms with Crippen molar-refractivity contribution < 1.29 is 18.4 Å². The molecule has 238 valence electrons. The highest BCUT2D eigenvalue weighted by Gasteiger charge is 2.29. The molecular formula is C36H38FN5O3S. The van der Waals surface area contributed by atoms with Crippen LogP contribution in [0.15, 0.2) is 65.1 Å². The van der Waals surface area contributed by atoms with Crippen molar-refractivity contribution in [2.45, 2.75) is 59.3 Å². The third kappa shape index (κ3) is 7.56. The molecule has 1 aliphatic carbocycles. The fourth-order valence-electron chi connectivity index (χ4n) is 5.69. The molecule has 1 aliphatic rings. The second-order valence-corrected chi connectivity index (χ2v) is 12.8. The first-order valence-corrected chi connectivity index (χ1v) is 16.3. The van der Waals surface area contributed by atoms with E-state index in [0.29, 0.717) is 57.4 Å². The van der Waals surface area contributed by atoms with E-state index in [0.717, 1.165) is 5.56 Å². The van der Waals surface area contributed by atoms with Crippen molar-refractivity contribution >= 4 is 23.2 Å². The van der Waals surface area contributed by atoms with Crippen molar-refractivity contribution in [2.75, 3.05) is 7.05 Å². The van der Waals surface area contributed by atoms with E-state index in [9.17, 15) is 14.0 Å². The Labute approximate surface area is 272 Å². The van der Waals surface area contributed by atoms with Crippen molar-refractivity contribution in [3.63, 3.8) is 0 Å². The fourth-order valence-corrected chi connectivity index (χ4v) is 6.70. The number of nitrogens with two attached hydrogens (primary N) is 1. The summed E-state index contributed by atoms with van der Waals surface area (Å²) in [6, 6.07) is 18.5. The van der Waals surface area contributed by atoms with Crippen LogP contribution >= 0.6 is 11.3 Å². The van der Waals surface area contributed by atoms with E-state index in [1.54, 1.807) is 49.4 Å². The van der Waals surface area contributed by atoms with Gasteiger partial charge in [0, 0.05) is 24.4 Å². The molecule has 6 rings (SSSR count). The number of carbonyl (C=O) groups excluding carboxylic acids is 2. The molecular weight excluding hydrogens is 601 g/mol. The molecule has 2 amide bonds. The summed E-state index contributed by atoms with van der Waals surface area (Å²) in [6.07, 6.45) is 5.52. The number of benzene rings is 2. The van der Waals surface area contributed by atoms with Crippen LogP contribution in [0.25, 0.3) is 21.9 Å². The summed E-state index contributed by atoms with van der Waals surface area (Å²) in [5, 5.41) is 10.9. The molecule has 0 saturated heterocycles. The number of hydrogen-bond donors (Lipinski definition) is 2. The lowest BCUT2D eigenvalue weighted by molar-refractivity contribution is 0.0965. The lowest BCUT2D eigenvalue weighted by atomic mass is 9.91. The van der Waals surface area contributed by atoms with Crippen molar-refractivity contribution in [1.29, 1.82) is 0 Å². The van der Waals surface area contributed by atoms with Crippen LogP contribution in [0.3, 0.4) is 0 Å². The highest BCUT2D eigenvalue weighted by atomic mass is 32.1. The lowest BCUT2D eigenvalue weighted by Gasteiger charge is -2.19. The van der Waals surface area contributed by atoms with Gasteiger partial charge in [0.05, 0.1) is 27.4 Å². The van der Waals surface area contributed by atoms with E-state index >= 15 is 0 Å². The molecule has 0 radical (unpaired) electrons. The van der Waals surface area contributed by atoms with Crippen molar-refractivity contribution in [3.05, 3.63) is 111 Å². The summed E-state index contributed by atoms with van der Waals surface area (Å²) in [6.45, 7) is 5.75. The van der Waals surface area contributed by atoms with Gasteiger partial charge in [-0.05, 0) is 85.4 Å². The van der Waals surface area contributed by atoms with E-state index in [2.05, 4.69) is 39.8 Å². The Morgan fingerprint density at radius 3 is 2.24 bits per heavy atom. The number of rotatable bonds is 9. The van der Waals surface area contributed by atoms with Crippen molar-refractivity contribution in [1.82, 2.24) is 20.5 Å². The second-order valence-electron chi connectivity index (χ2n) is 11.7. The molecule has 3 aromatic heterocycles. The SMILES string of the molecule is CNC(=O)c1ccc(-c2c(C(N)=O)c(CC(C)C)nc(CCc3ccc(F)cc3)c2-c2nnc(C)o2)s1.c1ccc2c(c1)CCC2. The predicted molar refractivity (Wildman–Crippen MR) is 178 cm³/mol. The fraction of sp³-hybridized carbons (Fsp3) is 0.306. The summed E-state index contributed by atoms with van der Waals surface area (Å²) in [7, 11) is 1.56. The smallest absolute Gasteiger partial charge is 0.261 e. The molecule has 0 fully saturated rings. The number of nitrogens with zero attached hydrogens (tertiary/aromatic N) is 3. The van der Waals surface area contributed by atoms with Gasteiger partial charge in [-0.3, -0.25) is 14.6 Å². The number of amides is 2. The standard InChI is InChI=1S/C27H28FN5O3S.C9H10/c1-14(2)13-19-22(25(29)34)24(20-11-12-21(37-20)26(35)30-4)23(27-33-32-15(3)36-27)18(31-19)10-7-16-5-8-17(28)9-6-16;1-2-5-9-7-3-6-8(9)4-1/h5-6,8-9,11-12,14H,7,10,13H2,1-4H3,(H2,29,34)(H,30,35);1-2,4-5H,3,6-7H2. The van der Waals surface area contributed by atoms with Crippen LogP contribution < -0.4 is 11.1 Å². The van der Waals surface area contributed by atoms with Crippen LogP contribution in [0.1, 0.15) is 74.3 Å². The number of halogens is 1. The van der Waals surface area contributed by atoms with Gasteiger partial charge in [-0.15, -0.1) is 21.5 Å². The third-order valence-corrected chi connectivity index (χ3v) is 8.91. The maximum absolute atomic E-state index is 13.4. The number of pyridine rings is 1. The van der Waals surface area contributed by atoms with E-state index in [1.807, 2.05) is 13.8 Å². The van der Waals surface area contributed by atoms with Gasteiger partial charge in [0.15, 0.2) is 0 Å².